The minimum Gasteiger partial charge on any atom is -0.361 e. The number of aromatic nitrogens is 1. The van der Waals surface area contributed by atoms with Gasteiger partial charge in [0, 0.05) is 36.2 Å². The van der Waals surface area contributed by atoms with E-state index in [0.717, 1.165) is 12.6 Å². The Labute approximate surface area is 101 Å². The van der Waals surface area contributed by atoms with Crippen LogP contribution in [0.5, 0.6) is 0 Å². The third kappa shape index (κ3) is 2.08. The maximum absolute atomic E-state index is 5.65. The summed E-state index contributed by atoms with van der Waals surface area (Å²) in [4.78, 5) is 3.33. The van der Waals surface area contributed by atoms with Crippen molar-refractivity contribution in [3.8, 4) is 0 Å². The summed E-state index contributed by atoms with van der Waals surface area (Å²) >= 11 is 0. The molecule has 3 heteroatoms. The highest BCUT2D eigenvalue weighted by molar-refractivity contribution is 5.83. The highest BCUT2D eigenvalue weighted by Gasteiger charge is 2.16. The molecule has 1 heterocycles. The van der Waals surface area contributed by atoms with E-state index in [0.29, 0.717) is 6.54 Å². The lowest BCUT2D eigenvalue weighted by Gasteiger charge is -2.26. The second-order valence-electron chi connectivity index (χ2n) is 4.91. The number of benzene rings is 1. The number of hydrogen-bond donors (Lipinski definition) is 3. The van der Waals surface area contributed by atoms with Crippen LogP contribution in [0, 0.1) is 0 Å². The minimum absolute atomic E-state index is 0.602. The molecule has 0 radical (unpaired) electrons. The Morgan fingerprint density at radius 1 is 1.35 bits per heavy atom. The Morgan fingerprint density at radius 2 is 2.24 bits per heavy atom. The predicted molar refractivity (Wildman–Crippen MR) is 70.7 cm³/mol. The largest absolute Gasteiger partial charge is 0.361 e. The van der Waals surface area contributed by atoms with E-state index in [2.05, 4.69) is 34.7 Å². The first-order valence-electron chi connectivity index (χ1n) is 6.39. The van der Waals surface area contributed by atoms with Crippen LogP contribution in [0.1, 0.15) is 30.4 Å². The molecule has 0 saturated heterocycles. The first-order valence-corrected chi connectivity index (χ1v) is 6.39. The maximum Gasteiger partial charge on any atom is 0.0460 e. The van der Waals surface area contributed by atoms with E-state index in [1.165, 1.54) is 41.3 Å². The van der Waals surface area contributed by atoms with Crippen LogP contribution in [0.25, 0.3) is 10.9 Å². The molecule has 2 aromatic rings. The average molecular weight is 229 g/mol. The third-order valence-electron chi connectivity index (χ3n) is 3.75. The van der Waals surface area contributed by atoms with Gasteiger partial charge in [0.25, 0.3) is 0 Å². The van der Waals surface area contributed by atoms with Crippen molar-refractivity contribution in [2.45, 2.75) is 38.4 Å². The first-order chi connectivity index (χ1) is 8.36. The molecule has 1 aliphatic carbocycles. The van der Waals surface area contributed by atoms with Gasteiger partial charge in [0.05, 0.1) is 0 Å². The minimum atomic E-state index is 0.602. The van der Waals surface area contributed by atoms with Crippen LogP contribution >= 0.6 is 0 Å². The van der Waals surface area contributed by atoms with E-state index >= 15 is 0 Å². The lowest BCUT2D eigenvalue weighted by molar-refractivity contribution is 0.338. The molecule has 1 aromatic heterocycles. The monoisotopic (exact) mass is 229 g/mol. The van der Waals surface area contributed by atoms with Crippen LogP contribution in [0.15, 0.2) is 24.4 Å². The van der Waals surface area contributed by atoms with E-state index in [1.807, 2.05) is 0 Å². The van der Waals surface area contributed by atoms with Gasteiger partial charge >= 0.3 is 0 Å². The third-order valence-corrected chi connectivity index (χ3v) is 3.75. The Hall–Kier alpha value is -1.32. The molecule has 0 unspecified atom stereocenters. The van der Waals surface area contributed by atoms with Crippen molar-refractivity contribution >= 4 is 10.9 Å². The van der Waals surface area contributed by atoms with Crippen molar-refractivity contribution < 1.29 is 0 Å². The zero-order chi connectivity index (χ0) is 11.7. The number of aromatic amines is 1. The molecule has 3 rings (SSSR count). The normalized spacial score (nSPS) is 16.3. The summed E-state index contributed by atoms with van der Waals surface area (Å²) < 4.78 is 0. The van der Waals surface area contributed by atoms with Crippen LogP contribution in [0.4, 0.5) is 0 Å². The zero-order valence-electron chi connectivity index (χ0n) is 10.00. The second-order valence-corrected chi connectivity index (χ2v) is 4.91. The Balaban J connectivity index is 1.79. The van der Waals surface area contributed by atoms with E-state index in [-0.39, 0.29) is 0 Å². The van der Waals surface area contributed by atoms with Gasteiger partial charge in [-0.25, -0.2) is 0 Å². The SMILES string of the molecule is NCc1ccc2c(CNC3CCC3)c[nH]c2c1. The molecule has 1 saturated carbocycles. The summed E-state index contributed by atoms with van der Waals surface area (Å²) in [6, 6.07) is 7.17. The van der Waals surface area contributed by atoms with Gasteiger partial charge in [-0.15, -0.1) is 0 Å². The number of hydrogen-bond acceptors (Lipinski definition) is 2. The van der Waals surface area contributed by atoms with Crippen LogP contribution in [-0.2, 0) is 13.1 Å². The Morgan fingerprint density at radius 3 is 2.94 bits per heavy atom. The fourth-order valence-corrected chi connectivity index (χ4v) is 2.37. The maximum atomic E-state index is 5.65. The molecule has 3 nitrogen and oxygen atoms in total. The molecule has 0 bridgehead atoms. The van der Waals surface area contributed by atoms with Gasteiger partial charge in [0.1, 0.15) is 0 Å². The zero-order valence-corrected chi connectivity index (χ0v) is 10.00. The molecule has 4 N–H and O–H groups in total. The quantitative estimate of drug-likeness (QED) is 0.753. The summed E-state index contributed by atoms with van der Waals surface area (Å²) in [5.41, 5.74) is 9.37. The standard InChI is InChI=1S/C14H19N3/c15-7-10-4-5-13-11(9-17-14(13)6-10)8-16-12-2-1-3-12/h4-6,9,12,16-17H,1-3,7-8,15H2. The lowest BCUT2D eigenvalue weighted by atomic mass is 9.93. The fraction of sp³-hybridized carbons (Fsp3) is 0.429. The highest BCUT2D eigenvalue weighted by Crippen LogP contribution is 2.22. The van der Waals surface area contributed by atoms with E-state index in [4.69, 9.17) is 5.73 Å². The predicted octanol–water partition coefficient (Wildman–Crippen LogP) is 2.27. The van der Waals surface area contributed by atoms with E-state index < -0.39 is 0 Å². The smallest absolute Gasteiger partial charge is 0.0460 e. The number of H-pyrrole nitrogens is 1. The van der Waals surface area contributed by atoms with Gasteiger partial charge in [-0.05, 0) is 30.0 Å². The molecule has 1 fully saturated rings. The van der Waals surface area contributed by atoms with Gasteiger partial charge in [-0.3, -0.25) is 0 Å². The molecule has 0 atom stereocenters. The molecule has 0 spiro atoms. The van der Waals surface area contributed by atoms with Gasteiger partial charge in [0.2, 0.25) is 0 Å². The van der Waals surface area contributed by atoms with Crippen LogP contribution in [0.3, 0.4) is 0 Å². The van der Waals surface area contributed by atoms with Crippen molar-refractivity contribution in [1.29, 1.82) is 0 Å². The molecular weight excluding hydrogens is 210 g/mol. The van der Waals surface area contributed by atoms with Crippen LogP contribution in [0.2, 0.25) is 0 Å². The van der Waals surface area contributed by atoms with Gasteiger partial charge in [-0.2, -0.15) is 0 Å². The molecule has 1 aromatic carbocycles. The van der Waals surface area contributed by atoms with Gasteiger partial charge in [0.15, 0.2) is 0 Å². The topological polar surface area (TPSA) is 53.8 Å². The van der Waals surface area contributed by atoms with E-state index in [9.17, 15) is 0 Å². The van der Waals surface area contributed by atoms with Crippen LogP contribution in [-0.4, -0.2) is 11.0 Å². The first kappa shape index (κ1) is 10.8. The second kappa shape index (κ2) is 4.51. The summed E-state index contributed by atoms with van der Waals surface area (Å²) in [6.45, 7) is 1.57. The number of fused-ring (bicyclic) bond motifs is 1. The van der Waals surface area contributed by atoms with Gasteiger partial charge in [-0.1, -0.05) is 18.6 Å². The fourth-order valence-electron chi connectivity index (χ4n) is 2.37. The van der Waals surface area contributed by atoms with Crippen molar-refractivity contribution in [1.82, 2.24) is 10.3 Å². The summed E-state index contributed by atoms with van der Waals surface area (Å²) in [5, 5.41) is 4.91. The summed E-state index contributed by atoms with van der Waals surface area (Å²) in [5.74, 6) is 0. The van der Waals surface area contributed by atoms with Crippen molar-refractivity contribution in [2.75, 3.05) is 0 Å². The van der Waals surface area contributed by atoms with Crippen molar-refractivity contribution in [2.24, 2.45) is 5.73 Å². The van der Waals surface area contributed by atoms with Gasteiger partial charge < -0.3 is 16.0 Å². The molecule has 90 valence electrons. The number of rotatable bonds is 4. The molecular formula is C14H19N3. The Kier molecular flexibility index (Phi) is 2.87. The van der Waals surface area contributed by atoms with Crippen LogP contribution < -0.4 is 11.1 Å². The van der Waals surface area contributed by atoms with Crippen molar-refractivity contribution in [3.63, 3.8) is 0 Å². The molecule has 0 aliphatic heterocycles. The highest BCUT2D eigenvalue weighted by atomic mass is 14.9. The average Bonchev–Trinajstić information content (AvgIpc) is 2.69. The summed E-state index contributed by atoms with van der Waals surface area (Å²) in [7, 11) is 0. The molecule has 17 heavy (non-hydrogen) atoms. The number of nitrogens with one attached hydrogen (secondary N) is 2. The lowest BCUT2D eigenvalue weighted by Crippen LogP contribution is -2.34. The Bertz CT molecular complexity index is 511. The summed E-state index contributed by atoms with van der Waals surface area (Å²) in [6.07, 6.45) is 6.15. The molecule has 0 amide bonds. The number of nitrogens with two attached hydrogens (primary N) is 1. The van der Waals surface area contributed by atoms with E-state index in [1.54, 1.807) is 0 Å². The molecule has 1 aliphatic rings. The van der Waals surface area contributed by atoms with Crippen molar-refractivity contribution in [3.05, 3.63) is 35.5 Å².